The third kappa shape index (κ3) is 3.35. The first-order valence-corrected chi connectivity index (χ1v) is 7.01. The Hall–Kier alpha value is -1.46. The summed E-state index contributed by atoms with van der Waals surface area (Å²) in [7, 11) is 0. The fourth-order valence-corrected chi connectivity index (χ4v) is 2.54. The molecule has 0 radical (unpaired) electrons. The molecular formula is C15H21FN2O2. The molecule has 0 aliphatic carbocycles. The molecule has 20 heavy (non-hydrogen) atoms. The van der Waals surface area contributed by atoms with Crippen molar-refractivity contribution in [3.8, 4) is 0 Å². The molecule has 0 saturated carbocycles. The van der Waals surface area contributed by atoms with Crippen LogP contribution in [0.15, 0.2) is 18.2 Å². The summed E-state index contributed by atoms with van der Waals surface area (Å²) in [6.07, 6.45) is 0. The number of carbonyl (C=O) groups excluding carboxylic acids is 1. The molecule has 1 heterocycles. The predicted octanol–water partition coefficient (Wildman–Crippen LogP) is 1.64. The minimum absolute atomic E-state index is 0.303. The molecule has 1 unspecified atom stereocenters. The van der Waals surface area contributed by atoms with Gasteiger partial charge in [0.1, 0.15) is 11.9 Å². The molecule has 1 atom stereocenters. The maximum atomic E-state index is 13.5. The smallest absolute Gasteiger partial charge is 0.328 e. The summed E-state index contributed by atoms with van der Waals surface area (Å²) >= 11 is 0. The second-order valence-electron chi connectivity index (χ2n) is 4.94. The second-order valence-corrected chi connectivity index (χ2v) is 4.94. The maximum Gasteiger partial charge on any atom is 0.328 e. The molecule has 0 aromatic heterocycles. The van der Waals surface area contributed by atoms with E-state index in [1.807, 2.05) is 6.92 Å². The maximum absolute atomic E-state index is 13.5. The minimum Gasteiger partial charge on any atom is -0.465 e. The number of nitrogens with zero attached hydrogens (tertiary/aromatic N) is 1. The van der Waals surface area contributed by atoms with Crippen molar-refractivity contribution in [2.45, 2.75) is 19.9 Å². The van der Waals surface area contributed by atoms with Crippen LogP contribution < -0.4 is 5.32 Å². The van der Waals surface area contributed by atoms with Crippen molar-refractivity contribution in [2.24, 2.45) is 0 Å². The van der Waals surface area contributed by atoms with Crippen molar-refractivity contribution >= 4 is 5.97 Å². The van der Waals surface area contributed by atoms with Crippen molar-refractivity contribution in [2.75, 3.05) is 32.8 Å². The molecule has 0 amide bonds. The van der Waals surface area contributed by atoms with Crippen LogP contribution in [0.3, 0.4) is 0 Å². The van der Waals surface area contributed by atoms with Gasteiger partial charge in [0, 0.05) is 26.2 Å². The lowest BCUT2D eigenvalue weighted by Crippen LogP contribution is -2.47. The number of rotatable bonds is 4. The van der Waals surface area contributed by atoms with Crippen LogP contribution in [0.1, 0.15) is 24.1 Å². The summed E-state index contributed by atoms with van der Waals surface area (Å²) in [5.41, 5.74) is 1.60. The van der Waals surface area contributed by atoms with Gasteiger partial charge in [-0.2, -0.15) is 0 Å². The van der Waals surface area contributed by atoms with Crippen LogP contribution in [0.2, 0.25) is 0 Å². The van der Waals surface area contributed by atoms with Gasteiger partial charge in [-0.15, -0.1) is 0 Å². The number of hydrogen-bond donors (Lipinski definition) is 1. The molecule has 0 bridgehead atoms. The third-order valence-electron chi connectivity index (χ3n) is 3.56. The SMILES string of the molecule is CCOC(=O)C(c1cc(F)ccc1C)N1CCNCC1. The van der Waals surface area contributed by atoms with Gasteiger partial charge in [-0.1, -0.05) is 6.07 Å². The number of nitrogens with one attached hydrogen (secondary N) is 1. The molecule has 2 rings (SSSR count). The summed E-state index contributed by atoms with van der Waals surface area (Å²) < 4.78 is 18.7. The first kappa shape index (κ1) is 14.9. The zero-order valence-corrected chi connectivity index (χ0v) is 12.0. The van der Waals surface area contributed by atoms with E-state index in [0.29, 0.717) is 12.2 Å². The number of carbonyl (C=O) groups is 1. The zero-order chi connectivity index (χ0) is 14.5. The summed E-state index contributed by atoms with van der Waals surface area (Å²) in [5.74, 6) is -0.627. The van der Waals surface area contributed by atoms with E-state index in [0.717, 1.165) is 31.7 Å². The van der Waals surface area contributed by atoms with Crippen molar-refractivity contribution in [1.82, 2.24) is 10.2 Å². The number of aryl methyl sites for hydroxylation is 1. The molecule has 1 fully saturated rings. The van der Waals surface area contributed by atoms with Crippen LogP contribution in [-0.2, 0) is 9.53 Å². The van der Waals surface area contributed by atoms with Crippen molar-refractivity contribution < 1.29 is 13.9 Å². The topological polar surface area (TPSA) is 41.6 Å². The van der Waals surface area contributed by atoms with Crippen LogP contribution in [0.5, 0.6) is 0 Å². The van der Waals surface area contributed by atoms with Crippen LogP contribution >= 0.6 is 0 Å². The fraction of sp³-hybridized carbons (Fsp3) is 0.533. The largest absolute Gasteiger partial charge is 0.465 e. The predicted molar refractivity (Wildman–Crippen MR) is 75.0 cm³/mol. The van der Waals surface area contributed by atoms with Crippen molar-refractivity contribution in [3.63, 3.8) is 0 Å². The van der Waals surface area contributed by atoms with E-state index in [9.17, 15) is 9.18 Å². The highest BCUT2D eigenvalue weighted by Crippen LogP contribution is 2.26. The van der Waals surface area contributed by atoms with Gasteiger partial charge in [-0.05, 0) is 37.1 Å². The lowest BCUT2D eigenvalue weighted by molar-refractivity contribution is -0.150. The van der Waals surface area contributed by atoms with Crippen LogP contribution in [0.25, 0.3) is 0 Å². The van der Waals surface area contributed by atoms with E-state index >= 15 is 0 Å². The first-order chi connectivity index (χ1) is 9.63. The lowest BCUT2D eigenvalue weighted by Gasteiger charge is -2.34. The Morgan fingerprint density at radius 2 is 2.15 bits per heavy atom. The quantitative estimate of drug-likeness (QED) is 0.851. The molecule has 1 aliphatic rings. The van der Waals surface area contributed by atoms with Gasteiger partial charge in [0.05, 0.1) is 6.61 Å². The molecule has 4 nitrogen and oxygen atoms in total. The van der Waals surface area contributed by atoms with E-state index in [2.05, 4.69) is 10.2 Å². The van der Waals surface area contributed by atoms with Gasteiger partial charge in [-0.25, -0.2) is 9.18 Å². The summed E-state index contributed by atoms with van der Waals surface area (Å²) in [4.78, 5) is 14.4. The van der Waals surface area contributed by atoms with E-state index in [4.69, 9.17) is 4.74 Å². The molecular weight excluding hydrogens is 259 g/mol. The Bertz CT molecular complexity index is 473. The van der Waals surface area contributed by atoms with Gasteiger partial charge in [0.25, 0.3) is 0 Å². The highest BCUT2D eigenvalue weighted by Gasteiger charge is 2.31. The van der Waals surface area contributed by atoms with Gasteiger partial charge >= 0.3 is 5.97 Å². The molecule has 0 spiro atoms. The standard InChI is InChI=1S/C15H21FN2O2/c1-3-20-15(19)14(18-8-6-17-7-9-18)13-10-12(16)5-4-11(13)2/h4-5,10,14,17H,3,6-9H2,1-2H3. The second kappa shape index (κ2) is 6.81. The van der Waals surface area contributed by atoms with E-state index in [1.54, 1.807) is 13.0 Å². The highest BCUT2D eigenvalue weighted by atomic mass is 19.1. The molecule has 1 aromatic carbocycles. The van der Waals surface area contributed by atoms with Crippen LogP contribution in [-0.4, -0.2) is 43.7 Å². The number of esters is 1. The Labute approximate surface area is 118 Å². The Morgan fingerprint density at radius 3 is 2.80 bits per heavy atom. The van der Waals surface area contributed by atoms with Gasteiger partial charge in [0.15, 0.2) is 0 Å². The Kier molecular flexibility index (Phi) is 5.09. The average molecular weight is 280 g/mol. The fourth-order valence-electron chi connectivity index (χ4n) is 2.54. The normalized spacial score (nSPS) is 17.8. The highest BCUT2D eigenvalue weighted by molar-refractivity contribution is 5.78. The lowest BCUT2D eigenvalue weighted by atomic mass is 9.99. The molecule has 1 saturated heterocycles. The third-order valence-corrected chi connectivity index (χ3v) is 3.56. The Morgan fingerprint density at radius 1 is 1.45 bits per heavy atom. The van der Waals surface area contributed by atoms with Crippen LogP contribution in [0, 0.1) is 12.7 Å². The Balaban J connectivity index is 2.34. The first-order valence-electron chi connectivity index (χ1n) is 7.01. The summed E-state index contributed by atoms with van der Waals surface area (Å²) in [6.45, 7) is 7.15. The number of halogens is 1. The summed E-state index contributed by atoms with van der Waals surface area (Å²) in [5, 5.41) is 3.25. The van der Waals surface area contributed by atoms with E-state index in [-0.39, 0.29) is 11.8 Å². The van der Waals surface area contributed by atoms with Gasteiger partial charge in [-0.3, -0.25) is 4.90 Å². The average Bonchev–Trinajstić information content (AvgIpc) is 2.44. The van der Waals surface area contributed by atoms with Crippen molar-refractivity contribution in [3.05, 3.63) is 35.1 Å². The molecule has 5 heteroatoms. The number of ether oxygens (including phenoxy) is 1. The monoisotopic (exact) mass is 280 g/mol. The van der Waals surface area contributed by atoms with Crippen molar-refractivity contribution in [1.29, 1.82) is 0 Å². The number of benzene rings is 1. The number of piperazine rings is 1. The minimum atomic E-state index is -0.521. The number of hydrogen-bond acceptors (Lipinski definition) is 4. The van der Waals surface area contributed by atoms with Gasteiger partial charge < -0.3 is 10.1 Å². The molecule has 1 aromatic rings. The molecule has 1 aliphatic heterocycles. The summed E-state index contributed by atoms with van der Waals surface area (Å²) in [6, 6.07) is 4.05. The van der Waals surface area contributed by atoms with E-state index in [1.165, 1.54) is 12.1 Å². The zero-order valence-electron chi connectivity index (χ0n) is 12.0. The van der Waals surface area contributed by atoms with Gasteiger partial charge in [0.2, 0.25) is 0 Å². The van der Waals surface area contributed by atoms with E-state index < -0.39 is 6.04 Å². The van der Waals surface area contributed by atoms with Crippen LogP contribution in [0.4, 0.5) is 4.39 Å². The molecule has 1 N–H and O–H groups in total. The molecule has 110 valence electrons.